The van der Waals surface area contributed by atoms with E-state index in [1.54, 1.807) is 0 Å². The average molecular weight is 158 g/mol. The van der Waals surface area contributed by atoms with Gasteiger partial charge in [-0.3, -0.25) is 0 Å². The molecule has 0 spiro atoms. The lowest BCUT2D eigenvalue weighted by Crippen LogP contribution is -1.96. The van der Waals surface area contributed by atoms with Crippen molar-refractivity contribution in [3.05, 3.63) is 12.1 Å². The molecule has 1 heterocycles. The van der Waals surface area contributed by atoms with Crippen molar-refractivity contribution < 1.29 is 13.9 Å². The van der Waals surface area contributed by atoms with Gasteiger partial charge in [0.2, 0.25) is 11.8 Å². The smallest absolute Gasteiger partial charge is 0.315 e. The normalized spacial score (nSPS) is 9.36. The number of halogens is 1. The molecule has 1 aromatic rings. The number of hydrogen-bond donors (Lipinski definition) is 0. The van der Waals surface area contributed by atoms with Crippen LogP contribution in [0.4, 0.5) is 4.39 Å². The van der Waals surface area contributed by atoms with E-state index in [4.69, 9.17) is 0 Å². The molecule has 4 nitrogen and oxygen atoms in total. The first-order valence-electron chi connectivity index (χ1n) is 2.89. The summed E-state index contributed by atoms with van der Waals surface area (Å²) in [7, 11) is 2.78. The third kappa shape index (κ3) is 1.76. The van der Waals surface area contributed by atoms with Crippen molar-refractivity contribution in [2.75, 3.05) is 14.2 Å². The van der Waals surface area contributed by atoms with Crippen LogP contribution >= 0.6 is 0 Å². The molecule has 1 rings (SSSR count). The van der Waals surface area contributed by atoms with Crippen molar-refractivity contribution in [2.24, 2.45) is 0 Å². The molecule has 0 radical (unpaired) electrons. The Kier molecular flexibility index (Phi) is 2.20. The molecular weight excluding hydrogens is 151 g/mol. The van der Waals surface area contributed by atoms with Gasteiger partial charge in [-0.25, -0.2) is 0 Å². The molecule has 0 N–H and O–H groups in total. The molecule has 0 aliphatic rings. The summed E-state index contributed by atoms with van der Waals surface area (Å²) in [6.45, 7) is 0. The van der Waals surface area contributed by atoms with Crippen LogP contribution < -0.4 is 9.47 Å². The van der Waals surface area contributed by atoms with Crippen LogP contribution in [0.5, 0.6) is 11.8 Å². The number of rotatable bonds is 2. The zero-order valence-electron chi connectivity index (χ0n) is 6.17. The summed E-state index contributed by atoms with van der Waals surface area (Å²) >= 11 is 0. The average Bonchev–Trinajstić information content (AvgIpc) is 2.03. The van der Waals surface area contributed by atoms with E-state index in [2.05, 4.69) is 19.4 Å². The molecule has 0 aliphatic heterocycles. The second kappa shape index (κ2) is 3.14. The fourth-order valence-electron chi connectivity index (χ4n) is 0.586. The summed E-state index contributed by atoms with van der Waals surface area (Å²) in [6.07, 6.45) is -0.860. The summed E-state index contributed by atoms with van der Waals surface area (Å²) in [6, 6.07) is 1.39. The molecule has 0 aliphatic carbocycles. The van der Waals surface area contributed by atoms with Gasteiger partial charge in [0, 0.05) is 0 Å². The zero-order valence-corrected chi connectivity index (χ0v) is 6.17. The molecule has 0 aromatic carbocycles. The number of methoxy groups -OCH3 is 2. The van der Waals surface area contributed by atoms with Gasteiger partial charge < -0.3 is 9.47 Å². The summed E-state index contributed by atoms with van der Waals surface area (Å²) in [5, 5.41) is 0. The SMILES string of the molecule is COc1cc(OC)nc(F)n1. The fourth-order valence-corrected chi connectivity index (χ4v) is 0.586. The van der Waals surface area contributed by atoms with Gasteiger partial charge in [0.1, 0.15) is 0 Å². The van der Waals surface area contributed by atoms with Crippen LogP contribution in [0.2, 0.25) is 0 Å². The van der Waals surface area contributed by atoms with Gasteiger partial charge in [0.15, 0.2) is 0 Å². The number of aromatic nitrogens is 2. The van der Waals surface area contributed by atoms with Crippen molar-refractivity contribution in [3.8, 4) is 11.8 Å². The Morgan fingerprint density at radius 1 is 1.18 bits per heavy atom. The van der Waals surface area contributed by atoms with E-state index < -0.39 is 6.08 Å². The monoisotopic (exact) mass is 158 g/mol. The van der Waals surface area contributed by atoms with Gasteiger partial charge in [-0.1, -0.05) is 0 Å². The second-order valence-electron chi connectivity index (χ2n) is 1.72. The molecule has 0 saturated carbocycles. The van der Waals surface area contributed by atoms with E-state index in [1.807, 2.05) is 0 Å². The maximum atomic E-state index is 12.4. The molecule has 0 fully saturated rings. The topological polar surface area (TPSA) is 44.2 Å². The molecule has 0 atom stereocenters. The summed E-state index contributed by atoms with van der Waals surface area (Å²) in [4.78, 5) is 6.64. The first kappa shape index (κ1) is 7.71. The molecule has 11 heavy (non-hydrogen) atoms. The Morgan fingerprint density at radius 3 is 2.00 bits per heavy atom. The summed E-state index contributed by atoms with van der Waals surface area (Å²) < 4.78 is 21.8. The minimum absolute atomic E-state index is 0.148. The van der Waals surface area contributed by atoms with E-state index in [0.717, 1.165) is 0 Å². The van der Waals surface area contributed by atoms with Gasteiger partial charge in [-0.15, -0.1) is 0 Å². The molecule has 0 amide bonds. The van der Waals surface area contributed by atoms with Crippen molar-refractivity contribution in [1.82, 2.24) is 9.97 Å². The molecule has 60 valence electrons. The highest BCUT2D eigenvalue weighted by molar-refractivity contribution is 5.18. The quantitative estimate of drug-likeness (QED) is 0.592. The van der Waals surface area contributed by atoms with Crippen molar-refractivity contribution in [3.63, 3.8) is 0 Å². The lowest BCUT2D eigenvalue weighted by molar-refractivity contribution is 0.351. The minimum Gasteiger partial charge on any atom is -0.481 e. The molecule has 5 heteroatoms. The van der Waals surface area contributed by atoms with Crippen molar-refractivity contribution in [2.45, 2.75) is 0 Å². The van der Waals surface area contributed by atoms with Gasteiger partial charge in [0.05, 0.1) is 20.3 Å². The highest BCUT2D eigenvalue weighted by Gasteiger charge is 2.02. The Labute approximate surface area is 63.0 Å². The van der Waals surface area contributed by atoms with Gasteiger partial charge in [-0.2, -0.15) is 14.4 Å². The Balaban J connectivity index is 3.02. The van der Waals surface area contributed by atoms with Crippen molar-refractivity contribution >= 4 is 0 Å². The van der Waals surface area contributed by atoms with Crippen LogP contribution in [-0.4, -0.2) is 24.2 Å². The highest BCUT2D eigenvalue weighted by atomic mass is 19.1. The highest BCUT2D eigenvalue weighted by Crippen LogP contribution is 2.13. The fraction of sp³-hybridized carbons (Fsp3) is 0.333. The lowest BCUT2D eigenvalue weighted by atomic mass is 10.6. The van der Waals surface area contributed by atoms with E-state index in [-0.39, 0.29) is 11.8 Å². The van der Waals surface area contributed by atoms with Crippen LogP contribution in [0, 0.1) is 6.08 Å². The minimum atomic E-state index is -0.860. The van der Waals surface area contributed by atoms with Crippen LogP contribution in [-0.2, 0) is 0 Å². The van der Waals surface area contributed by atoms with E-state index in [1.165, 1.54) is 20.3 Å². The van der Waals surface area contributed by atoms with Crippen LogP contribution in [0.25, 0.3) is 0 Å². The number of hydrogen-bond acceptors (Lipinski definition) is 4. The summed E-state index contributed by atoms with van der Waals surface area (Å²) in [5.74, 6) is 0.295. The number of nitrogens with zero attached hydrogens (tertiary/aromatic N) is 2. The maximum Gasteiger partial charge on any atom is 0.315 e. The first-order valence-corrected chi connectivity index (χ1v) is 2.89. The predicted octanol–water partition coefficient (Wildman–Crippen LogP) is 0.633. The third-order valence-electron chi connectivity index (χ3n) is 1.07. The van der Waals surface area contributed by atoms with Crippen LogP contribution in [0.3, 0.4) is 0 Å². The molecule has 0 unspecified atom stereocenters. The van der Waals surface area contributed by atoms with Gasteiger partial charge >= 0.3 is 6.08 Å². The van der Waals surface area contributed by atoms with E-state index in [0.29, 0.717) is 0 Å². The van der Waals surface area contributed by atoms with Crippen LogP contribution in [0.15, 0.2) is 6.07 Å². The Morgan fingerprint density at radius 2 is 1.64 bits per heavy atom. The molecule has 1 aromatic heterocycles. The maximum absolute atomic E-state index is 12.4. The van der Waals surface area contributed by atoms with Gasteiger partial charge in [0.25, 0.3) is 0 Å². The third-order valence-corrected chi connectivity index (χ3v) is 1.07. The predicted molar refractivity (Wildman–Crippen MR) is 35.1 cm³/mol. The Hall–Kier alpha value is -1.39. The zero-order chi connectivity index (χ0) is 8.27. The first-order chi connectivity index (χ1) is 5.26. The molecular formula is C6H7FN2O2. The summed E-state index contributed by atoms with van der Waals surface area (Å²) in [5.41, 5.74) is 0. The van der Waals surface area contributed by atoms with Gasteiger partial charge in [-0.05, 0) is 0 Å². The van der Waals surface area contributed by atoms with E-state index in [9.17, 15) is 4.39 Å². The standard InChI is InChI=1S/C6H7FN2O2/c1-10-4-3-5(11-2)9-6(7)8-4/h3H,1-2H3. The second-order valence-corrected chi connectivity index (χ2v) is 1.72. The number of ether oxygens (including phenoxy) is 2. The largest absolute Gasteiger partial charge is 0.481 e. The van der Waals surface area contributed by atoms with E-state index >= 15 is 0 Å². The molecule has 0 saturated heterocycles. The molecule has 0 bridgehead atoms. The Bertz CT molecular complexity index is 232. The van der Waals surface area contributed by atoms with Crippen molar-refractivity contribution in [1.29, 1.82) is 0 Å². The lowest BCUT2D eigenvalue weighted by Gasteiger charge is -2.00. The van der Waals surface area contributed by atoms with Crippen LogP contribution in [0.1, 0.15) is 0 Å².